The van der Waals surface area contributed by atoms with Gasteiger partial charge in [0.25, 0.3) is 0 Å². The third kappa shape index (κ3) is 62.8. The van der Waals surface area contributed by atoms with Crippen molar-refractivity contribution in [1.82, 2.24) is 0 Å². The zero-order valence-corrected chi connectivity index (χ0v) is 50.4. The van der Waals surface area contributed by atoms with Crippen molar-refractivity contribution in [1.29, 1.82) is 0 Å². The summed E-state index contributed by atoms with van der Waals surface area (Å²) in [5, 5.41) is 0. The van der Waals surface area contributed by atoms with E-state index < -0.39 is 6.10 Å². The minimum atomic E-state index is -0.785. The lowest BCUT2D eigenvalue weighted by atomic mass is 10.0. The zero-order valence-electron chi connectivity index (χ0n) is 50.4. The van der Waals surface area contributed by atoms with Crippen LogP contribution in [0.1, 0.15) is 303 Å². The molecule has 0 heterocycles. The normalized spacial score (nSPS) is 12.8. The number of rotatable bonds is 58. The van der Waals surface area contributed by atoms with Crippen molar-refractivity contribution in [3.05, 3.63) is 109 Å². The van der Waals surface area contributed by atoms with Gasteiger partial charge >= 0.3 is 17.9 Å². The van der Waals surface area contributed by atoms with E-state index in [1.54, 1.807) is 0 Å². The molecule has 440 valence electrons. The largest absolute Gasteiger partial charge is 0.462 e. The lowest BCUT2D eigenvalue weighted by Gasteiger charge is -2.18. The molecule has 0 saturated heterocycles. The highest BCUT2D eigenvalue weighted by Crippen LogP contribution is 2.16. The van der Waals surface area contributed by atoms with Gasteiger partial charge in [-0.2, -0.15) is 0 Å². The fraction of sp³-hybridized carbons (Fsp3) is 0.704. The van der Waals surface area contributed by atoms with Gasteiger partial charge in [0.1, 0.15) is 13.2 Å². The first-order chi connectivity index (χ1) is 38.0. The Labute approximate surface area is 476 Å². The number of ether oxygens (including phenoxy) is 3. The van der Waals surface area contributed by atoms with Crippen LogP contribution in [0.5, 0.6) is 0 Å². The predicted molar refractivity (Wildman–Crippen MR) is 334 cm³/mol. The first-order valence-electron chi connectivity index (χ1n) is 32.4. The van der Waals surface area contributed by atoms with Crippen LogP contribution in [-0.2, 0) is 28.6 Å². The maximum absolute atomic E-state index is 12.9. The number of carbonyl (C=O) groups is 3. The Kier molecular flexibility index (Phi) is 61.3. The molecule has 6 nitrogen and oxygen atoms in total. The van der Waals surface area contributed by atoms with E-state index in [1.807, 2.05) is 0 Å². The van der Waals surface area contributed by atoms with Crippen LogP contribution >= 0.6 is 0 Å². The van der Waals surface area contributed by atoms with Crippen LogP contribution in [0.4, 0.5) is 0 Å². The van der Waals surface area contributed by atoms with Gasteiger partial charge < -0.3 is 14.2 Å². The van der Waals surface area contributed by atoms with E-state index in [-0.39, 0.29) is 31.1 Å². The van der Waals surface area contributed by atoms with Gasteiger partial charge in [0, 0.05) is 19.3 Å². The van der Waals surface area contributed by atoms with Crippen LogP contribution < -0.4 is 0 Å². The first kappa shape index (κ1) is 73.1. The van der Waals surface area contributed by atoms with Crippen molar-refractivity contribution in [2.24, 2.45) is 0 Å². The number of hydrogen-bond donors (Lipinski definition) is 0. The van der Waals surface area contributed by atoms with Crippen molar-refractivity contribution in [3.63, 3.8) is 0 Å². The summed E-state index contributed by atoms with van der Waals surface area (Å²) >= 11 is 0. The second-order valence-electron chi connectivity index (χ2n) is 21.3. The molecule has 0 fully saturated rings. The molecule has 0 aromatic carbocycles. The molecular formula is C71H120O6. The molecule has 0 aromatic heterocycles. The summed E-state index contributed by atoms with van der Waals surface area (Å²) in [5.41, 5.74) is 0. The monoisotopic (exact) mass is 1070 g/mol. The minimum absolute atomic E-state index is 0.0815. The Balaban J connectivity index is 4.19. The summed E-state index contributed by atoms with van der Waals surface area (Å²) in [6.45, 7) is 6.46. The molecule has 0 amide bonds. The highest BCUT2D eigenvalue weighted by atomic mass is 16.6. The van der Waals surface area contributed by atoms with E-state index >= 15 is 0 Å². The smallest absolute Gasteiger partial charge is 0.306 e. The number of unbranched alkanes of at least 4 members (excludes halogenated alkanes) is 29. The van der Waals surface area contributed by atoms with Crippen LogP contribution in [0.2, 0.25) is 0 Å². The molecule has 1 unspecified atom stereocenters. The predicted octanol–water partition coefficient (Wildman–Crippen LogP) is 22.2. The lowest BCUT2D eigenvalue weighted by molar-refractivity contribution is -0.167. The molecule has 0 bridgehead atoms. The minimum Gasteiger partial charge on any atom is -0.462 e. The fourth-order valence-corrected chi connectivity index (χ4v) is 8.93. The van der Waals surface area contributed by atoms with E-state index in [4.69, 9.17) is 14.2 Å². The molecule has 0 aliphatic heterocycles. The number of hydrogen-bond acceptors (Lipinski definition) is 6. The Morgan fingerprint density at radius 3 is 0.844 bits per heavy atom. The van der Waals surface area contributed by atoms with Crippen molar-refractivity contribution in [2.45, 2.75) is 309 Å². The van der Waals surface area contributed by atoms with E-state index in [1.165, 1.54) is 128 Å². The highest BCUT2D eigenvalue weighted by molar-refractivity contribution is 5.71. The van der Waals surface area contributed by atoms with Crippen LogP contribution in [0.25, 0.3) is 0 Å². The molecule has 6 heteroatoms. The van der Waals surface area contributed by atoms with Gasteiger partial charge in [0.05, 0.1) is 0 Å². The van der Waals surface area contributed by atoms with E-state index in [0.29, 0.717) is 19.3 Å². The third-order valence-corrected chi connectivity index (χ3v) is 13.7. The average Bonchev–Trinajstić information content (AvgIpc) is 3.43. The van der Waals surface area contributed by atoms with Crippen molar-refractivity contribution < 1.29 is 28.6 Å². The molecule has 0 radical (unpaired) electrons. The summed E-state index contributed by atoms with van der Waals surface area (Å²) < 4.78 is 16.9. The summed E-state index contributed by atoms with van der Waals surface area (Å²) in [6.07, 6.45) is 88.2. The van der Waals surface area contributed by atoms with Crippen LogP contribution in [0.3, 0.4) is 0 Å². The van der Waals surface area contributed by atoms with Crippen molar-refractivity contribution >= 4 is 17.9 Å². The molecule has 0 aromatic rings. The van der Waals surface area contributed by atoms with Crippen LogP contribution in [-0.4, -0.2) is 37.2 Å². The van der Waals surface area contributed by atoms with Crippen LogP contribution in [0.15, 0.2) is 109 Å². The van der Waals surface area contributed by atoms with Crippen LogP contribution in [0, 0.1) is 0 Å². The Bertz CT molecular complexity index is 1560. The standard InChI is InChI=1S/C71H120O6/c1-4-7-10-13-16-19-22-25-26-27-28-29-30-31-32-33-34-35-36-37-38-39-40-41-42-43-44-47-49-52-55-58-61-64-70(73)76-67-68(77-71(74)65-62-59-56-53-50-46-24-21-18-15-12-9-6-3)66-75-69(72)63-60-57-54-51-48-45-23-20-17-14-11-8-5-2/h7,10,12,15-16,19,21,24-26,28-29,31-32,34-35,37-38,68H,4-6,8-9,11,13-14,17-18,20,22-23,27,30,33,36,39-67H2,1-3H3/b10-7-,15-12-,19-16-,24-21-,26-25-,29-28-,32-31-,35-34-,38-37-. The molecule has 0 saturated carbocycles. The fourth-order valence-electron chi connectivity index (χ4n) is 8.93. The molecule has 1 atom stereocenters. The van der Waals surface area contributed by atoms with Gasteiger partial charge in [-0.05, 0) is 103 Å². The lowest BCUT2D eigenvalue weighted by Crippen LogP contribution is -2.30. The van der Waals surface area contributed by atoms with E-state index in [2.05, 4.69) is 130 Å². The van der Waals surface area contributed by atoms with E-state index in [9.17, 15) is 14.4 Å². The Hall–Kier alpha value is -3.93. The van der Waals surface area contributed by atoms with Gasteiger partial charge in [-0.15, -0.1) is 0 Å². The summed E-state index contributed by atoms with van der Waals surface area (Å²) in [7, 11) is 0. The summed E-state index contributed by atoms with van der Waals surface area (Å²) in [5.74, 6) is -0.891. The van der Waals surface area contributed by atoms with Crippen molar-refractivity contribution in [3.8, 4) is 0 Å². The number of carbonyl (C=O) groups excluding carboxylic acids is 3. The average molecular weight is 1070 g/mol. The second-order valence-corrected chi connectivity index (χ2v) is 21.3. The quantitative estimate of drug-likeness (QED) is 0.0261. The Morgan fingerprint density at radius 2 is 0.532 bits per heavy atom. The number of allylic oxidation sites excluding steroid dienone is 18. The maximum atomic E-state index is 12.9. The molecule has 77 heavy (non-hydrogen) atoms. The topological polar surface area (TPSA) is 78.9 Å². The van der Waals surface area contributed by atoms with E-state index in [0.717, 1.165) is 135 Å². The highest BCUT2D eigenvalue weighted by Gasteiger charge is 2.19. The van der Waals surface area contributed by atoms with Gasteiger partial charge in [0.15, 0.2) is 6.10 Å². The number of esters is 3. The van der Waals surface area contributed by atoms with Crippen molar-refractivity contribution in [2.75, 3.05) is 13.2 Å². The maximum Gasteiger partial charge on any atom is 0.306 e. The van der Waals surface area contributed by atoms with Gasteiger partial charge in [0.2, 0.25) is 0 Å². The molecule has 0 spiro atoms. The Morgan fingerprint density at radius 1 is 0.273 bits per heavy atom. The van der Waals surface area contributed by atoms with Gasteiger partial charge in [-0.1, -0.05) is 291 Å². The molecular weight excluding hydrogens is 949 g/mol. The third-order valence-electron chi connectivity index (χ3n) is 13.7. The molecule has 0 N–H and O–H groups in total. The molecule has 0 rings (SSSR count). The zero-order chi connectivity index (χ0) is 55.7. The molecule has 0 aliphatic carbocycles. The first-order valence-corrected chi connectivity index (χ1v) is 32.4. The van der Waals surface area contributed by atoms with Gasteiger partial charge in [-0.3, -0.25) is 14.4 Å². The molecule has 0 aliphatic rings. The summed E-state index contributed by atoms with van der Waals surface area (Å²) in [4.78, 5) is 38.2. The second kappa shape index (κ2) is 64.6. The van der Waals surface area contributed by atoms with Gasteiger partial charge in [-0.25, -0.2) is 0 Å². The SMILES string of the molecule is CC/C=C\C/C=C\C/C=C\C/C=C\C/C=C\C/C=C\C/C=C\CCCCCCCCCCCCCC(=O)OCC(COC(=O)CCCCCCCCCCCCCCC)OC(=O)CCCCCCC/C=C\C/C=C\CCC. The summed E-state index contributed by atoms with van der Waals surface area (Å²) in [6, 6.07) is 0.